The zero-order valence-electron chi connectivity index (χ0n) is 14.5. The van der Waals surface area contributed by atoms with Gasteiger partial charge < -0.3 is 15.0 Å². The number of hydrogen-bond acceptors (Lipinski definition) is 6. The van der Waals surface area contributed by atoms with Gasteiger partial charge in [-0.05, 0) is 44.7 Å². The molecule has 0 aliphatic carbocycles. The van der Waals surface area contributed by atoms with E-state index in [9.17, 15) is 4.79 Å². The number of aromatic nitrogens is 4. The number of ether oxygens (including phenoxy) is 1. The third-order valence-electron chi connectivity index (χ3n) is 5.09. The summed E-state index contributed by atoms with van der Waals surface area (Å²) in [4.78, 5) is 14.8. The molecule has 0 saturated carbocycles. The van der Waals surface area contributed by atoms with Crippen molar-refractivity contribution in [3.63, 3.8) is 0 Å². The molecule has 1 amide bonds. The molecule has 1 N–H and O–H groups in total. The minimum absolute atomic E-state index is 0.0103. The first-order chi connectivity index (χ1) is 12.2. The van der Waals surface area contributed by atoms with Crippen molar-refractivity contribution in [3.8, 4) is 0 Å². The van der Waals surface area contributed by atoms with Crippen LogP contribution >= 0.6 is 0 Å². The van der Waals surface area contributed by atoms with Gasteiger partial charge >= 0.3 is 0 Å². The Morgan fingerprint density at radius 3 is 2.92 bits per heavy atom. The minimum atomic E-state index is 0.0103. The van der Waals surface area contributed by atoms with Crippen LogP contribution in [0.5, 0.6) is 0 Å². The first-order valence-electron chi connectivity index (χ1n) is 9.03. The third kappa shape index (κ3) is 3.44. The minimum Gasteiger partial charge on any atom is -0.381 e. The SMILES string of the molecule is Cc1nnc2ccc(N3CCCC(C(=O)NC4CCOCC4)C3)nn12. The fourth-order valence-electron chi connectivity index (χ4n) is 3.62. The Bertz CT molecular complexity index is 755. The average Bonchev–Trinajstić information content (AvgIpc) is 3.03. The molecule has 1 unspecified atom stereocenters. The summed E-state index contributed by atoms with van der Waals surface area (Å²) in [6, 6.07) is 4.14. The van der Waals surface area contributed by atoms with Crippen molar-refractivity contribution in [2.45, 2.75) is 38.6 Å². The number of carbonyl (C=O) groups excluding carboxylic acids is 1. The highest BCUT2D eigenvalue weighted by Gasteiger charge is 2.28. The standard InChI is InChI=1S/C17H24N6O2/c1-12-19-20-15-4-5-16(21-23(12)15)22-8-2-3-13(11-22)17(24)18-14-6-9-25-10-7-14/h4-5,13-14H,2-3,6-11H2,1H3,(H,18,24). The summed E-state index contributed by atoms with van der Waals surface area (Å²) < 4.78 is 7.11. The van der Waals surface area contributed by atoms with E-state index in [1.54, 1.807) is 4.52 Å². The summed E-state index contributed by atoms with van der Waals surface area (Å²) in [5.74, 6) is 1.82. The van der Waals surface area contributed by atoms with Gasteiger partial charge in [0.25, 0.3) is 0 Å². The summed E-state index contributed by atoms with van der Waals surface area (Å²) in [7, 11) is 0. The van der Waals surface area contributed by atoms with Crippen molar-refractivity contribution >= 4 is 17.4 Å². The molecule has 4 rings (SSSR count). The molecule has 2 saturated heterocycles. The number of amides is 1. The van der Waals surface area contributed by atoms with E-state index in [0.717, 1.165) is 62.7 Å². The normalized spacial score (nSPS) is 22.3. The Morgan fingerprint density at radius 2 is 2.08 bits per heavy atom. The second-order valence-electron chi connectivity index (χ2n) is 6.89. The van der Waals surface area contributed by atoms with E-state index in [1.165, 1.54) is 0 Å². The summed E-state index contributed by atoms with van der Waals surface area (Å²) in [5, 5.41) is 16.0. The average molecular weight is 344 g/mol. The molecule has 0 bridgehead atoms. The van der Waals surface area contributed by atoms with Crippen LogP contribution in [-0.4, -0.2) is 58.1 Å². The fraction of sp³-hybridized carbons (Fsp3) is 0.647. The van der Waals surface area contributed by atoms with Gasteiger partial charge in [-0.1, -0.05) is 0 Å². The maximum Gasteiger partial charge on any atom is 0.225 e. The number of aryl methyl sites for hydroxylation is 1. The quantitative estimate of drug-likeness (QED) is 0.892. The van der Waals surface area contributed by atoms with Crippen molar-refractivity contribution in [1.29, 1.82) is 0 Å². The zero-order valence-corrected chi connectivity index (χ0v) is 14.5. The molecule has 134 valence electrons. The smallest absolute Gasteiger partial charge is 0.225 e. The Kier molecular flexibility index (Phi) is 4.52. The van der Waals surface area contributed by atoms with Crippen LogP contribution in [0.15, 0.2) is 12.1 Å². The van der Waals surface area contributed by atoms with E-state index in [1.807, 2.05) is 19.1 Å². The van der Waals surface area contributed by atoms with E-state index in [4.69, 9.17) is 4.74 Å². The van der Waals surface area contributed by atoms with Crippen molar-refractivity contribution in [3.05, 3.63) is 18.0 Å². The zero-order chi connectivity index (χ0) is 17.2. The molecule has 8 heteroatoms. The second kappa shape index (κ2) is 6.95. The number of hydrogen-bond donors (Lipinski definition) is 1. The van der Waals surface area contributed by atoms with E-state index in [2.05, 4.69) is 25.5 Å². The molecule has 0 aromatic carbocycles. The van der Waals surface area contributed by atoms with E-state index >= 15 is 0 Å². The van der Waals surface area contributed by atoms with Gasteiger partial charge in [-0.2, -0.15) is 4.52 Å². The molecule has 2 aliphatic heterocycles. The maximum atomic E-state index is 12.6. The second-order valence-corrected chi connectivity index (χ2v) is 6.89. The lowest BCUT2D eigenvalue weighted by Crippen LogP contribution is -2.47. The number of nitrogens with one attached hydrogen (secondary N) is 1. The summed E-state index contributed by atoms with van der Waals surface area (Å²) in [6.07, 6.45) is 3.74. The van der Waals surface area contributed by atoms with Gasteiger partial charge in [0.15, 0.2) is 11.5 Å². The van der Waals surface area contributed by atoms with Crippen molar-refractivity contribution in [2.75, 3.05) is 31.2 Å². The summed E-state index contributed by atoms with van der Waals surface area (Å²) in [5.41, 5.74) is 0.743. The van der Waals surface area contributed by atoms with Crippen molar-refractivity contribution in [1.82, 2.24) is 25.1 Å². The molecule has 2 aliphatic rings. The van der Waals surface area contributed by atoms with Gasteiger partial charge in [0.05, 0.1) is 5.92 Å². The van der Waals surface area contributed by atoms with E-state index in [0.29, 0.717) is 6.54 Å². The lowest BCUT2D eigenvalue weighted by molar-refractivity contribution is -0.126. The number of nitrogens with zero attached hydrogens (tertiary/aromatic N) is 5. The van der Waals surface area contributed by atoms with Crippen LogP contribution in [0.4, 0.5) is 5.82 Å². The number of carbonyl (C=O) groups is 1. The molecular formula is C17H24N6O2. The molecule has 1 atom stereocenters. The van der Waals surface area contributed by atoms with Crippen LogP contribution in [0.1, 0.15) is 31.5 Å². The highest BCUT2D eigenvalue weighted by molar-refractivity contribution is 5.79. The van der Waals surface area contributed by atoms with E-state index < -0.39 is 0 Å². The Morgan fingerprint density at radius 1 is 1.24 bits per heavy atom. The first-order valence-corrected chi connectivity index (χ1v) is 9.03. The predicted octanol–water partition coefficient (Wildman–Crippen LogP) is 0.944. The number of rotatable bonds is 3. The number of anilines is 1. The maximum absolute atomic E-state index is 12.6. The molecule has 0 radical (unpaired) electrons. The largest absolute Gasteiger partial charge is 0.381 e. The molecule has 0 spiro atoms. The molecule has 2 fully saturated rings. The Hall–Kier alpha value is -2.22. The van der Waals surface area contributed by atoms with E-state index in [-0.39, 0.29) is 17.9 Å². The van der Waals surface area contributed by atoms with Crippen LogP contribution in [0.3, 0.4) is 0 Å². The highest BCUT2D eigenvalue weighted by Crippen LogP contribution is 2.22. The molecule has 8 nitrogen and oxygen atoms in total. The third-order valence-corrected chi connectivity index (χ3v) is 5.09. The summed E-state index contributed by atoms with van der Waals surface area (Å²) >= 11 is 0. The number of fused-ring (bicyclic) bond motifs is 1. The van der Waals surface area contributed by atoms with Crippen LogP contribution in [0.25, 0.3) is 5.65 Å². The van der Waals surface area contributed by atoms with Crippen molar-refractivity contribution < 1.29 is 9.53 Å². The van der Waals surface area contributed by atoms with Gasteiger partial charge in [0.2, 0.25) is 5.91 Å². The fourth-order valence-corrected chi connectivity index (χ4v) is 3.62. The lowest BCUT2D eigenvalue weighted by atomic mass is 9.96. The van der Waals surface area contributed by atoms with Gasteiger partial charge in [0, 0.05) is 32.3 Å². The van der Waals surface area contributed by atoms with Crippen molar-refractivity contribution in [2.24, 2.45) is 5.92 Å². The lowest BCUT2D eigenvalue weighted by Gasteiger charge is -2.34. The number of piperidine rings is 1. The van der Waals surface area contributed by atoms with Crippen LogP contribution in [-0.2, 0) is 9.53 Å². The molecule has 2 aromatic rings. The molecular weight excluding hydrogens is 320 g/mol. The highest BCUT2D eigenvalue weighted by atomic mass is 16.5. The summed E-state index contributed by atoms with van der Waals surface area (Å²) in [6.45, 7) is 4.99. The van der Waals surface area contributed by atoms with Gasteiger partial charge in [-0.3, -0.25) is 4.79 Å². The van der Waals surface area contributed by atoms with Gasteiger partial charge in [-0.25, -0.2) is 0 Å². The first kappa shape index (κ1) is 16.3. The predicted molar refractivity (Wildman–Crippen MR) is 92.4 cm³/mol. The van der Waals surface area contributed by atoms with Crippen LogP contribution in [0.2, 0.25) is 0 Å². The van der Waals surface area contributed by atoms with Gasteiger partial charge in [0.1, 0.15) is 5.82 Å². The van der Waals surface area contributed by atoms with Crippen LogP contribution in [0, 0.1) is 12.8 Å². The molecule has 2 aromatic heterocycles. The van der Waals surface area contributed by atoms with Crippen LogP contribution < -0.4 is 10.2 Å². The van der Waals surface area contributed by atoms with Gasteiger partial charge in [-0.15, -0.1) is 15.3 Å². The Balaban J connectivity index is 1.44. The Labute approximate surface area is 146 Å². The molecule has 4 heterocycles. The monoisotopic (exact) mass is 344 g/mol. The topological polar surface area (TPSA) is 84.7 Å². The molecule has 25 heavy (non-hydrogen) atoms.